The molecule has 0 saturated carbocycles. The molecule has 2 N–H and O–H groups in total. The van der Waals surface area contributed by atoms with Gasteiger partial charge in [0.2, 0.25) is 0 Å². The number of aryl methyl sites for hydroxylation is 1. The van der Waals surface area contributed by atoms with Gasteiger partial charge >= 0.3 is 5.97 Å². The number of nitrogens with zero attached hydrogens (tertiary/aromatic N) is 1. The number of benzene rings is 1. The molecule has 6 heteroatoms. The summed E-state index contributed by atoms with van der Waals surface area (Å²) >= 11 is 5.96. The van der Waals surface area contributed by atoms with E-state index in [2.05, 4.69) is 0 Å². The largest absolute Gasteiger partial charge is 0.480 e. The fraction of sp³-hybridized carbons (Fsp3) is 0.385. The number of carbonyl (C=O) groups excluding carboxylic acids is 1. The molecule has 2 rings (SSSR count). The summed E-state index contributed by atoms with van der Waals surface area (Å²) in [5, 5.41) is 19.1. The van der Waals surface area contributed by atoms with Gasteiger partial charge in [0.15, 0.2) is 0 Å². The minimum absolute atomic E-state index is 0.0291. The molecule has 0 bridgehead atoms. The van der Waals surface area contributed by atoms with E-state index < -0.39 is 24.0 Å². The van der Waals surface area contributed by atoms with E-state index in [-0.39, 0.29) is 13.0 Å². The van der Waals surface area contributed by atoms with Crippen LogP contribution in [0.3, 0.4) is 0 Å². The monoisotopic (exact) mass is 283 g/mol. The average molecular weight is 284 g/mol. The van der Waals surface area contributed by atoms with Gasteiger partial charge in [-0.05, 0) is 24.6 Å². The highest BCUT2D eigenvalue weighted by atomic mass is 35.5. The third-order valence-electron chi connectivity index (χ3n) is 3.24. The standard InChI is InChI=1S/C13H14ClNO4/c1-7-2-3-8(4-10(7)14)12(17)15-6-9(16)5-11(15)13(18)19/h2-4,9,11,16H,5-6H2,1H3,(H,18,19)/t9-,11-/m1/s1. The van der Waals surface area contributed by atoms with E-state index in [1.54, 1.807) is 12.1 Å². The zero-order valence-electron chi connectivity index (χ0n) is 10.3. The average Bonchev–Trinajstić information content (AvgIpc) is 2.74. The molecule has 1 aromatic carbocycles. The maximum atomic E-state index is 12.3. The van der Waals surface area contributed by atoms with Crippen LogP contribution in [0, 0.1) is 6.92 Å². The highest BCUT2D eigenvalue weighted by molar-refractivity contribution is 6.31. The summed E-state index contributed by atoms with van der Waals surface area (Å²) in [5.74, 6) is -1.53. The Kier molecular flexibility index (Phi) is 3.78. The van der Waals surface area contributed by atoms with Gasteiger partial charge in [0.1, 0.15) is 6.04 Å². The van der Waals surface area contributed by atoms with E-state index >= 15 is 0 Å². The summed E-state index contributed by atoms with van der Waals surface area (Å²) in [6.45, 7) is 1.84. The number of rotatable bonds is 2. The Labute approximate surface area is 115 Å². The van der Waals surface area contributed by atoms with Crippen LogP contribution >= 0.6 is 11.6 Å². The summed E-state index contributed by atoms with van der Waals surface area (Å²) in [6.07, 6.45) is -0.744. The van der Waals surface area contributed by atoms with Crippen LogP contribution in [-0.4, -0.2) is 45.7 Å². The highest BCUT2D eigenvalue weighted by Crippen LogP contribution is 2.23. The van der Waals surface area contributed by atoms with Crippen LogP contribution in [0.25, 0.3) is 0 Å². The molecule has 0 spiro atoms. The molecule has 1 fully saturated rings. The first kappa shape index (κ1) is 13.8. The Bertz CT molecular complexity index is 531. The third kappa shape index (κ3) is 2.72. The fourth-order valence-electron chi connectivity index (χ4n) is 2.16. The Morgan fingerprint density at radius 3 is 2.68 bits per heavy atom. The summed E-state index contributed by atoms with van der Waals surface area (Å²) in [6, 6.07) is 3.84. The van der Waals surface area contributed by atoms with Gasteiger partial charge in [-0.25, -0.2) is 4.79 Å². The lowest BCUT2D eigenvalue weighted by molar-refractivity contribution is -0.141. The number of aliphatic hydroxyl groups is 1. The molecule has 1 amide bonds. The lowest BCUT2D eigenvalue weighted by atomic mass is 10.1. The number of hydrogen-bond acceptors (Lipinski definition) is 3. The SMILES string of the molecule is Cc1ccc(C(=O)N2C[C@H](O)C[C@@H]2C(=O)O)cc1Cl. The minimum atomic E-state index is -1.11. The summed E-state index contributed by atoms with van der Waals surface area (Å²) in [4.78, 5) is 24.5. The molecule has 19 heavy (non-hydrogen) atoms. The highest BCUT2D eigenvalue weighted by Gasteiger charge is 2.39. The van der Waals surface area contributed by atoms with Crippen LogP contribution in [0.2, 0.25) is 5.02 Å². The Morgan fingerprint density at radius 2 is 2.11 bits per heavy atom. The van der Waals surface area contributed by atoms with E-state index in [1.807, 2.05) is 6.92 Å². The first-order valence-corrected chi connectivity index (χ1v) is 6.26. The smallest absolute Gasteiger partial charge is 0.326 e. The molecule has 1 saturated heterocycles. The number of likely N-dealkylation sites (tertiary alicyclic amines) is 1. The lowest BCUT2D eigenvalue weighted by Crippen LogP contribution is -2.40. The zero-order chi connectivity index (χ0) is 14.2. The van der Waals surface area contributed by atoms with Crippen LogP contribution in [0.15, 0.2) is 18.2 Å². The molecule has 0 aromatic heterocycles. The topological polar surface area (TPSA) is 77.8 Å². The van der Waals surface area contributed by atoms with Gasteiger partial charge in [0, 0.05) is 23.6 Å². The molecular weight excluding hydrogens is 270 g/mol. The quantitative estimate of drug-likeness (QED) is 0.858. The van der Waals surface area contributed by atoms with Crippen molar-refractivity contribution in [3.8, 4) is 0 Å². The van der Waals surface area contributed by atoms with Crippen molar-refractivity contribution in [3.05, 3.63) is 34.3 Å². The molecule has 1 aliphatic heterocycles. The van der Waals surface area contributed by atoms with Crippen molar-refractivity contribution >= 4 is 23.5 Å². The second kappa shape index (κ2) is 5.19. The number of carboxylic acids is 1. The number of aliphatic carboxylic acids is 1. The molecular formula is C13H14ClNO4. The number of β-amino-alcohol motifs (C(OH)–C–C–N with tert-alkyl or cyclic N) is 1. The zero-order valence-corrected chi connectivity index (χ0v) is 11.1. The van der Waals surface area contributed by atoms with E-state index in [0.717, 1.165) is 5.56 Å². The van der Waals surface area contributed by atoms with E-state index in [0.29, 0.717) is 10.6 Å². The van der Waals surface area contributed by atoms with Crippen LogP contribution in [0.5, 0.6) is 0 Å². The van der Waals surface area contributed by atoms with E-state index in [9.17, 15) is 14.7 Å². The van der Waals surface area contributed by atoms with Crippen molar-refractivity contribution in [1.82, 2.24) is 4.90 Å². The molecule has 102 valence electrons. The molecule has 2 atom stereocenters. The predicted molar refractivity (Wildman–Crippen MR) is 69.3 cm³/mol. The van der Waals surface area contributed by atoms with Gasteiger partial charge in [-0.2, -0.15) is 0 Å². The fourth-order valence-corrected chi connectivity index (χ4v) is 2.34. The summed E-state index contributed by atoms with van der Waals surface area (Å²) < 4.78 is 0. The maximum absolute atomic E-state index is 12.3. The van der Waals surface area contributed by atoms with Gasteiger partial charge in [-0.3, -0.25) is 4.79 Å². The van der Waals surface area contributed by atoms with Gasteiger partial charge in [0.25, 0.3) is 5.91 Å². The van der Waals surface area contributed by atoms with E-state index in [1.165, 1.54) is 11.0 Å². The summed E-state index contributed by atoms with van der Waals surface area (Å²) in [7, 11) is 0. The van der Waals surface area contributed by atoms with Gasteiger partial charge in [0.05, 0.1) is 6.10 Å². The van der Waals surface area contributed by atoms with Crippen molar-refractivity contribution in [1.29, 1.82) is 0 Å². The number of amides is 1. The first-order valence-electron chi connectivity index (χ1n) is 5.88. The van der Waals surface area contributed by atoms with Crippen LogP contribution in [0.1, 0.15) is 22.3 Å². The normalized spacial score (nSPS) is 22.6. The number of carbonyl (C=O) groups is 2. The van der Waals surface area contributed by atoms with Gasteiger partial charge < -0.3 is 15.1 Å². The minimum Gasteiger partial charge on any atom is -0.480 e. The van der Waals surface area contributed by atoms with Crippen LogP contribution < -0.4 is 0 Å². The van der Waals surface area contributed by atoms with Crippen molar-refractivity contribution in [3.63, 3.8) is 0 Å². The number of halogens is 1. The number of carboxylic acid groups (broad SMARTS) is 1. The predicted octanol–water partition coefficient (Wildman–Crippen LogP) is 1.31. The Hall–Kier alpha value is -1.59. The molecule has 0 aliphatic carbocycles. The van der Waals surface area contributed by atoms with Gasteiger partial charge in [-0.15, -0.1) is 0 Å². The second-order valence-corrected chi connectivity index (χ2v) is 5.07. The van der Waals surface area contributed by atoms with Crippen LogP contribution in [-0.2, 0) is 4.79 Å². The molecule has 1 heterocycles. The van der Waals surface area contributed by atoms with Crippen molar-refractivity contribution in [2.24, 2.45) is 0 Å². The third-order valence-corrected chi connectivity index (χ3v) is 3.65. The van der Waals surface area contributed by atoms with Crippen molar-refractivity contribution < 1.29 is 19.8 Å². The molecule has 0 radical (unpaired) electrons. The van der Waals surface area contributed by atoms with Gasteiger partial charge in [-0.1, -0.05) is 17.7 Å². The Morgan fingerprint density at radius 1 is 1.42 bits per heavy atom. The first-order chi connectivity index (χ1) is 8.90. The molecule has 1 aliphatic rings. The molecule has 1 aromatic rings. The second-order valence-electron chi connectivity index (χ2n) is 4.67. The molecule has 5 nitrogen and oxygen atoms in total. The van der Waals surface area contributed by atoms with E-state index in [4.69, 9.17) is 16.7 Å². The lowest BCUT2D eigenvalue weighted by Gasteiger charge is -2.21. The number of aliphatic hydroxyl groups excluding tert-OH is 1. The molecule has 0 unspecified atom stereocenters. The number of hydrogen-bond donors (Lipinski definition) is 2. The van der Waals surface area contributed by atoms with Crippen molar-refractivity contribution in [2.45, 2.75) is 25.5 Å². The van der Waals surface area contributed by atoms with Crippen LogP contribution in [0.4, 0.5) is 0 Å². The Balaban J connectivity index is 2.27. The summed E-state index contributed by atoms with van der Waals surface area (Å²) in [5.41, 5.74) is 1.17. The van der Waals surface area contributed by atoms with Crippen molar-refractivity contribution in [2.75, 3.05) is 6.54 Å². The maximum Gasteiger partial charge on any atom is 0.326 e.